The van der Waals surface area contributed by atoms with E-state index in [0.717, 1.165) is 5.56 Å². The van der Waals surface area contributed by atoms with Crippen LogP contribution in [0.3, 0.4) is 0 Å². The van der Waals surface area contributed by atoms with Gasteiger partial charge in [-0.3, -0.25) is 0 Å². The molecule has 2 amide bonds. The predicted molar refractivity (Wildman–Crippen MR) is 95.1 cm³/mol. The van der Waals surface area contributed by atoms with Gasteiger partial charge in [-0.2, -0.15) is 0 Å². The maximum atomic E-state index is 12.1. The van der Waals surface area contributed by atoms with Gasteiger partial charge in [0.1, 0.15) is 12.2 Å². The van der Waals surface area contributed by atoms with Gasteiger partial charge in [0, 0.05) is 19.0 Å². The molecular formula is C18H25N3O5. The quantitative estimate of drug-likeness (QED) is 0.633. The number of hydrogen-bond donors (Lipinski definition) is 2. The zero-order chi connectivity index (χ0) is 19.2. The van der Waals surface area contributed by atoms with Crippen LogP contribution in [0.25, 0.3) is 0 Å². The molecule has 0 spiro atoms. The summed E-state index contributed by atoms with van der Waals surface area (Å²) in [5.74, 6) is -0.295. The summed E-state index contributed by atoms with van der Waals surface area (Å²) in [5.41, 5.74) is 0.696. The highest BCUT2D eigenvalue weighted by Gasteiger charge is 2.35. The van der Waals surface area contributed by atoms with E-state index in [2.05, 4.69) is 10.5 Å². The monoisotopic (exact) mass is 363 g/mol. The van der Waals surface area contributed by atoms with Gasteiger partial charge in [-0.15, -0.1) is 0 Å². The topological polar surface area (TPSA) is 100 Å². The molecule has 0 radical (unpaired) electrons. The van der Waals surface area contributed by atoms with Crippen molar-refractivity contribution < 1.29 is 24.3 Å². The summed E-state index contributed by atoms with van der Waals surface area (Å²) >= 11 is 0. The molecule has 1 atom stereocenters. The second kappa shape index (κ2) is 8.55. The van der Waals surface area contributed by atoms with Gasteiger partial charge in [-0.25, -0.2) is 9.59 Å². The molecule has 1 heterocycles. The van der Waals surface area contributed by atoms with Crippen LogP contribution >= 0.6 is 0 Å². The van der Waals surface area contributed by atoms with Crippen molar-refractivity contribution in [1.29, 1.82) is 0 Å². The highest BCUT2D eigenvalue weighted by atomic mass is 16.6. The molecule has 1 saturated heterocycles. The number of likely N-dealkylation sites (tertiary alicyclic amines) is 1. The van der Waals surface area contributed by atoms with Crippen LogP contribution in [0.4, 0.5) is 9.59 Å². The fraction of sp³-hybridized carbons (Fsp3) is 0.500. The Morgan fingerprint density at radius 2 is 2.00 bits per heavy atom. The molecule has 2 rings (SSSR count). The summed E-state index contributed by atoms with van der Waals surface area (Å²) in [6.45, 7) is 6.18. The highest BCUT2D eigenvalue weighted by molar-refractivity contribution is 5.94. The van der Waals surface area contributed by atoms with E-state index in [4.69, 9.17) is 14.7 Å². The van der Waals surface area contributed by atoms with Crippen molar-refractivity contribution in [3.63, 3.8) is 0 Å². The molecule has 1 aromatic carbocycles. The van der Waals surface area contributed by atoms with Crippen molar-refractivity contribution in [3.8, 4) is 0 Å². The third kappa shape index (κ3) is 5.94. The largest absolute Gasteiger partial charge is 0.445 e. The number of nitrogens with zero attached hydrogens (tertiary/aromatic N) is 2. The predicted octanol–water partition coefficient (Wildman–Crippen LogP) is 2.61. The van der Waals surface area contributed by atoms with Gasteiger partial charge in [-0.1, -0.05) is 35.5 Å². The Bertz CT molecular complexity index is 655. The van der Waals surface area contributed by atoms with Gasteiger partial charge >= 0.3 is 12.2 Å². The molecule has 0 aliphatic carbocycles. The molecule has 26 heavy (non-hydrogen) atoms. The number of hydrogen-bond acceptors (Lipinski definition) is 6. The normalized spacial score (nSPS) is 18.7. The minimum Gasteiger partial charge on any atom is -0.445 e. The van der Waals surface area contributed by atoms with E-state index >= 15 is 0 Å². The van der Waals surface area contributed by atoms with Crippen LogP contribution in [0, 0.1) is 5.92 Å². The second-order valence-electron chi connectivity index (χ2n) is 7.09. The first-order valence-electron chi connectivity index (χ1n) is 8.42. The maximum Gasteiger partial charge on any atom is 0.410 e. The van der Waals surface area contributed by atoms with Crippen molar-refractivity contribution in [3.05, 3.63) is 35.9 Å². The lowest BCUT2D eigenvalue weighted by atomic mass is 10.1. The zero-order valence-electron chi connectivity index (χ0n) is 15.3. The lowest BCUT2D eigenvalue weighted by molar-refractivity contribution is 0.0292. The van der Waals surface area contributed by atoms with Gasteiger partial charge in [0.2, 0.25) is 0 Å². The first-order chi connectivity index (χ1) is 12.3. The van der Waals surface area contributed by atoms with E-state index in [9.17, 15) is 9.59 Å². The first kappa shape index (κ1) is 19.6. The summed E-state index contributed by atoms with van der Waals surface area (Å²) < 4.78 is 10.5. The number of ether oxygens (including phenoxy) is 2. The van der Waals surface area contributed by atoms with E-state index in [1.807, 2.05) is 30.3 Å². The molecule has 142 valence electrons. The molecule has 0 bridgehead atoms. The molecule has 0 saturated carbocycles. The molecule has 8 nitrogen and oxygen atoms in total. The lowest BCUT2D eigenvalue weighted by Crippen LogP contribution is -2.36. The van der Waals surface area contributed by atoms with Gasteiger partial charge in [0.25, 0.3) is 0 Å². The van der Waals surface area contributed by atoms with Crippen LogP contribution in [0.2, 0.25) is 0 Å². The van der Waals surface area contributed by atoms with Crippen LogP contribution in [0.1, 0.15) is 26.3 Å². The number of nitrogens with one attached hydrogen (secondary N) is 1. The van der Waals surface area contributed by atoms with Crippen LogP contribution in [0.5, 0.6) is 0 Å². The highest BCUT2D eigenvalue weighted by Crippen LogP contribution is 2.17. The third-order valence-corrected chi connectivity index (χ3v) is 3.75. The zero-order valence-corrected chi connectivity index (χ0v) is 15.3. The van der Waals surface area contributed by atoms with Crippen LogP contribution in [-0.4, -0.2) is 53.2 Å². The molecule has 0 aromatic heterocycles. The smallest absolute Gasteiger partial charge is 0.410 e. The third-order valence-electron chi connectivity index (χ3n) is 3.75. The Morgan fingerprint density at radius 3 is 2.62 bits per heavy atom. The Hall–Kier alpha value is -2.77. The standard InChI is InChI=1S/C18H25N3O5/c1-18(2,3)26-17(23)21-10-14(15(11-21)20-24)9-19-16(22)25-12-13-7-5-4-6-8-13/h4-8,14,24H,9-12H2,1-3H3,(H,19,22)/b20-15+/t14-/m1/s1. The van der Waals surface area contributed by atoms with Crippen molar-refractivity contribution in [2.45, 2.75) is 33.0 Å². The van der Waals surface area contributed by atoms with E-state index in [1.54, 1.807) is 20.8 Å². The molecule has 1 aromatic rings. The molecule has 1 fully saturated rings. The van der Waals surface area contributed by atoms with Gasteiger partial charge in [-0.05, 0) is 26.3 Å². The molecule has 1 aliphatic heterocycles. The van der Waals surface area contributed by atoms with E-state index < -0.39 is 17.8 Å². The summed E-state index contributed by atoms with van der Waals surface area (Å²) in [6.07, 6.45) is -1.05. The first-order valence-corrected chi connectivity index (χ1v) is 8.42. The number of carbonyl (C=O) groups is 2. The minimum atomic E-state index is -0.606. The van der Waals surface area contributed by atoms with Crippen LogP contribution in [-0.2, 0) is 16.1 Å². The second-order valence-corrected chi connectivity index (χ2v) is 7.09. The minimum absolute atomic E-state index is 0.164. The van der Waals surface area contributed by atoms with Crippen molar-refractivity contribution in [2.75, 3.05) is 19.6 Å². The summed E-state index contributed by atoms with van der Waals surface area (Å²) in [5, 5.41) is 15.0. The average Bonchev–Trinajstić information content (AvgIpc) is 3.01. The summed E-state index contributed by atoms with van der Waals surface area (Å²) in [7, 11) is 0. The van der Waals surface area contributed by atoms with Crippen LogP contribution in [0.15, 0.2) is 35.5 Å². The van der Waals surface area contributed by atoms with Crippen molar-refractivity contribution >= 4 is 17.9 Å². The van der Waals surface area contributed by atoms with E-state index in [-0.39, 0.29) is 25.6 Å². The Labute approximate surface area is 152 Å². The molecule has 1 aliphatic rings. The fourth-order valence-corrected chi connectivity index (χ4v) is 2.50. The Morgan fingerprint density at radius 1 is 1.31 bits per heavy atom. The number of oxime groups is 1. The van der Waals surface area contributed by atoms with Crippen LogP contribution < -0.4 is 5.32 Å². The number of rotatable bonds is 4. The number of benzene rings is 1. The summed E-state index contributed by atoms with van der Waals surface area (Å²) in [4.78, 5) is 25.4. The number of carbonyl (C=O) groups excluding carboxylic acids is 2. The molecule has 0 unspecified atom stereocenters. The summed E-state index contributed by atoms with van der Waals surface area (Å²) in [6, 6.07) is 9.34. The molecule has 8 heteroatoms. The lowest BCUT2D eigenvalue weighted by Gasteiger charge is -2.24. The number of alkyl carbamates (subject to hydrolysis) is 1. The van der Waals surface area contributed by atoms with Gasteiger partial charge < -0.3 is 24.9 Å². The Kier molecular flexibility index (Phi) is 6.43. The Balaban J connectivity index is 1.80. The fourth-order valence-electron chi connectivity index (χ4n) is 2.50. The van der Waals surface area contributed by atoms with Crippen molar-refractivity contribution in [2.24, 2.45) is 11.1 Å². The average molecular weight is 363 g/mol. The van der Waals surface area contributed by atoms with Gasteiger partial charge in [0.15, 0.2) is 0 Å². The van der Waals surface area contributed by atoms with Crippen molar-refractivity contribution in [1.82, 2.24) is 10.2 Å². The van der Waals surface area contributed by atoms with E-state index in [1.165, 1.54) is 4.90 Å². The molecule has 2 N–H and O–H groups in total. The maximum absolute atomic E-state index is 12.1. The SMILES string of the molecule is CC(C)(C)OC(=O)N1C/C(=N\O)[C@H](CNC(=O)OCc2ccccc2)C1. The molecular weight excluding hydrogens is 338 g/mol. The van der Waals surface area contributed by atoms with E-state index in [0.29, 0.717) is 12.3 Å². The number of amides is 2. The van der Waals surface area contributed by atoms with Gasteiger partial charge in [0.05, 0.1) is 12.3 Å².